The second kappa shape index (κ2) is 9.22. The normalized spacial score (nSPS) is 16.4. The molecule has 170 valence electrons. The molecule has 5 rings (SSSR count). The van der Waals surface area contributed by atoms with Crippen molar-refractivity contribution in [2.24, 2.45) is 0 Å². The van der Waals surface area contributed by atoms with E-state index in [4.69, 9.17) is 9.97 Å². The van der Waals surface area contributed by atoms with Crippen molar-refractivity contribution in [3.63, 3.8) is 0 Å². The first kappa shape index (κ1) is 22.0. The van der Waals surface area contributed by atoms with Gasteiger partial charge in [-0.3, -0.25) is 4.79 Å². The van der Waals surface area contributed by atoms with Gasteiger partial charge in [-0.2, -0.15) is 0 Å². The van der Waals surface area contributed by atoms with Crippen molar-refractivity contribution in [2.45, 2.75) is 32.2 Å². The minimum atomic E-state index is -0.0611. The Morgan fingerprint density at radius 1 is 1.15 bits per heavy atom. The molecule has 3 aromatic rings. The fraction of sp³-hybridized carbons (Fsp3) is 0.333. The van der Waals surface area contributed by atoms with Crippen molar-refractivity contribution in [2.75, 3.05) is 36.1 Å². The zero-order chi connectivity index (χ0) is 22.9. The van der Waals surface area contributed by atoms with Crippen LogP contribution in [0.2, 0.25) is 0 Å². The number of carbonyl (C=O) groups is 1. The first-order valence-electron chi connectivity index (χ1n) is 11.1. The van der Waals surface area contributed by atoms with Crippen molar-refractivity contribution >= 4 is 51.6 Å². The smallest absolute Gasteiger partial charge is 0.228 e. The Hall–Kier alpha value is -2.79. The summed E-state index contributed by atoms with van der Waals surface area (Å²) in [4.78, 5) is 28.7. The molecule has 0 radical (unpaired) electrons. The first-order valence-corrected chi connectivity index (χ1v) is 12.2. The molecule has 33 heavy (non-hydrogen) atoms. The number of nitrogens with one attached hydrogen (secondary N) is 3. The number of anilines is 4. The van der Waals surface area contributed by atoms with E-state index in [1.54, 1.807) is 6.20 Å². The van der Waals surface area contributed by atoms with Gasteiger partial charge in [-0.25, -0.2) is 15.0 Å². The highest BCUT2D eigenvalue weighted by Gasteiger charge is 2.22. The Balaban J connectivity index is 1.37. The van der Waals surface area contributed by atoms with Crippen molar-refractivity contribution < 1.29 is 4.79 Å². The van der Waals surface area contributed by atoms with Crippen LogP contribution in [0.4, 0.5) is 23.1 Å². The lowest BCUT2D eigenvalue weighted by molar-refractivity contribution is -0.115. The topological polar surface area (TPSA) is 95.1 Å². The molecular weight excluding hydrogens is 529 g/mol. The lowest BCUT2D eigenvalue weighted by atomic mass is 10.1. The number of piperidine rings is 1. The van der Waals surface area contributed by atoms with E-state index in [1.165, 1.54) is 0 Å². The number of benzene rings is 1. The minimum absolute atomic E-state index is 0.0611. The summed E-state index contributed by atoms with van der Waals surface area (Å²) in [6, 6.07) is 10.4. The molecule has 3 N–H and O–H groups in total. The Bertz CT molecular complexity index is 1210. The predicted octanol–water partition coefficient (Wildman–Crippen LogP) is 4.20. The van der Waals surface area contributed by atoms with Crippen molar-refractivity contribution in [1.82, 2.24) is 19.9 Å². The highest BCUT2D eigenvalue weighted by atomic mass is 127. The standard InChI is InChI=1S/C24H26IN7O/c1-14-19(5-6-21(27-14)28-17-7-9-32(2)10-8-17)30-24-26-13-15-11-22(33)29-20-12-16(25)3-4-18(20)23(15)31-24/h3-6,12-13,17H,7-11H2,1-2H3,(H,27,28)(H,29,33)(H,26,30,31). The summed E-state index contributed by atoms with van der Waals surface area (Å²) < 4.78 is 1.05. The molecule has 0 atom stereocenters. The molecule has 1 amide bonds. The number of nitrogens with zero attached hydrogens (tertiary/aromatic N) is 4. The Morgan fingerprint density at radius 3 is 2.76 bits per heavy atom. The van der Waals surface area contributed by atoms with Crippen LogP contribution in [0.5, 0.6) is 0 Å². The van der Waals surface area contributed by atoms with Gasteiger partial charge >= 0.3 is 0 Å². The van der Waals surface area contributed by atoms with E-state index in [2.05, 4.69) is 55.5 Å². The van der Waals surface area contributed by atoms with Crippen molar-refractivity contribution in [3.8, 4) is 11.3 Å². The van der Waals surface area contributed by atoms with E-state index >= 15 is 0 Å². The van der Waals surface area contributed by atoms with Gasteiger partial charge in [0.2, 0.25) is 11.9 Å². The van der Waals surface area contributed by atoms with Crippen molar-refractivity contribution in [1.29, 1.82) is 0 Å². The summed E-state index contributed by atoms with van der Waals surface area (Å²) in [6.07, 6.45) is 4.23. The summed E-state index contributed by atoms with van der Waals surface area (Å²) in [5, 5.41) is 9.85. The van der Waals surface area contributed by atoms with Crippen LogP contribution in [0.15, 0.2) is 36.5 Å². The molecule has 0 aliphatic carbocycles. The molecular formula is C24H26IN7O. The first-order chi connectivity index (χ1) is 15.9. The molecule has 1 fully saturated rings. The quantitative estimate of drug-likeness (QED) is 0.416. The van der Waals surface area contributed by atoms with Crippen LogP contribution in [0, 0.1) is 10.5 Å². The molecule has 0 saturated carbocycles. The number of hydrogen-bond acceptors (Lipinski definition) is 7. The fourth-order valence-electron chi connectivity index (χ4n) is 4.28. The average molecular weight is 555 g/mol. The molecule has 1 saturated heterocycles. The van der Waals surface area contributed by atoms with Gasteiger partial charge in [0, 0.05) is 26.9 Å². The minimum Gasteiger partial charge on any atom is -0.367 e. The summed E-state index contributed by atoms with van der Waals surface area (Å²) in [6.45, 7) is 4.19. The van der Waals surface area contributed by atoms with E-state index in [0.717, 1.165) is 69.2 Å². The van der Waals surface area contributed by atoms with Gasteiger partial charge in [0.1, 0.15) is 5.82 Å². The number of halogens is 1. The average Bonchev–Trinajstić information content (AvgIpc) is 2.92. The van der Waals surface area contributed by atoms with E-state index < -0.39 is 0 Å². The Kier molecular flexibility index (Phi) is 6.15. The number of rotatable bonds is 4. The molecule has 0 bridgehead atoms. The van der Waals surface area contributed by atoms with Gasteiger partial charge in [0.15, 0.2) is 0 Å². The highest BCUT2D eigenvalue weighted by Crippen LogP contribution is 2.34. The molecule has 9 heteroatoms. The van der Waals surface area contributed by atoms with Gasteiger partial charge in [-0.05, 0) is 92.8 Å². The summed E-state index contributed by atoms with van der Waals surface area (Å²) in [7, 11) is 2.16. The molecule has 2 aliphatic rings. The Labute approximate surface area is 206 Å². The van der Waals surface area contributed by atoms with Crippen LogP contribution in [0.25, 0.3) is 11.3 Å². The number of aromatic nitrogens is 3. The number of likely N-dealkylation sites (tertiary alicyclic amines) is 1. The van der Waals surface area contributed by atoms with E-state index in [-0.39, 0.29) is 12.3 Å². The van der Waals surface area contributed by atoms with Gasteiger partial charge < -0.3 is 20.9 Å². The predicted molar refractivity (Wildman–Crippen MR) is 139 cm³/mol. The molecule has 8 nitrogen and oxygen atoms in total. The fourth-order valence-corrected chi connectivity index (χ4v) is 4.77. The zero-order valence-electron chi connectivity index (χ0n) is 18.7. The summed E-state index contributed by atoms with van der Waals surface area (Å²) in [5.41, 5.74) is 4.98. The van der Waals surface area contributed by atoms with Crippen LogP contribution < -0.4 is 16.0 Å². The molecule has 2 aromatic heterocycles. The molecule has 4 heterocycles. The number of hydrogen-bond donors (Lipinski definition) is 3. The second-order valence-electron chi connectivity index (χ2n) is 8.66. The molecule has 1 aromatic carbocycles. The van der Waals surface area contributed by atoms with E-state index in [0.29, 0.717) is 12.0 Å². The maximum absolute atomic E-state index is 12.3. The second-order valence-corrected chi connectivity index (χ2v) is 9.90. The monoisotopic (exact) mass is 555 g/mol. The van der Waals surface area contributed by atoms with Gasteiger partial charge in [-0.15, -0.1) is 0 Å². The molecule has 2 aliphatic heterocycles. The van der Waals surface area contributed by atoms with Crippen LogP contribution >= 0.6 is 22.6 Å². The maximum atomic E-state index is 12.3. The largest absolute Gasteiger partial charge is 0.367 e. The third-order valence-corrected chi connectivity index (χ3v) is 6.80. The van der Waals surface area contributed by atoms with Crippen LogP contribution in [-0.4, -0.2) is 51.9 Å². The summed E-state index contributed by atoms with van der Waals surface area (Å²) >= 11 is 2.24. The number of pyridine rings is 1. The number of amides is 1. The molecule has 0 unspecified atom stereocenters. The number of aryl methyl sites for hydroxylation is 1. The lowest BCUT2D eigenvalue weighted by Crippen LogP contribution is -2.36. The third-order valence-electron chi connectivity index (χ3n) is 6.13. The van der Waals surface area contributed by atoms with E-state index in [9.17, 15) is 4.79 Å². The maximum Gasteiger partial charge on any atom is 0.228 e. The SMILES string of the molecule is Cc1nc(NC2CCN(C)CC2)ccc1Nc1ncc2c(n1)-c1ccc(I)cc1NC(=O)C2. The highest BCUT2D eigenvalue weighted by molar-refractivity contribution is 14.1. The zero-order valence-corrected chi connectivity index (χ0v) is 20.8. The van der Waals surface area contributed by atoms with Crippen LogP contribution in [0.3, 0.4) is 0 Å². The van der Waals surface area contributed by atoms with Gasteiger partial charge in [-0.1, -0.05) is 0 Å². The van der Waals surface area contributed by atoms with Gasteiger partial charge in [0.05, 0.1) is 29.2 Å². The third kappa shape index (κ3) is 4.93. The van der Waals surface area contributed by atoms with Crippen molar-refractivity contribution in [3.05, 3.63) is 51.4 Å². The number of carbonyl (C=O) groups excluding carboxylic acids is 1. The lowest BCUT2D eigenvalue weighted by Gasteiger charge is -2.29. The summed E-state index contributed by atoms with van der Waals surface area (Å²) in [5.74, 6) is 1.31. The van der Waals surface area contributed by atoms with Crippen LogP contribution in [-0.2, 0) is 11.2 Å². The number of fused-ring (bicyclic) bond motifs is 3. The molecule has 0 spiro atoms. The van der Waals surface area contributed by atoms with Crippen LogP contribution in [0.1, 0.15) is 24.1 Å². The van der Waals surface area contributed by atoms with Gasteiger partial charge in [0.25, 0.3) is 0 Å². The Morgan fingerprint density at radius 2 is 1.97 bits per heavy atom. The van der Waals surface area contributed by atoms with E-state index in [1.807, 2.05) is 37.3 Å².